The van der Waals surface area contributed by atoms with Crippen LogP contribution in [0.5, 0.6) is 5.75 Å². The number of hydrogen-bond donors (Lipinski definition) is 0. The summed E-state index contributed by atoms with van der Waals surface area (Å²) in [5.41, 5.74) is 1.22. The number of hydrogen-bond acceptors (Lipinski definition) is 5. The Labute approximate surface area is 170 Å². The third-order valence-electron chi connectivity index (χ3n) is 4.67. The molecule has 0 spiro atoms. The fourth-order valence-corrected chi connectivity index (χ4v) is 4.06. The van der Waals surface area contributed by atoms with Gasteiger partial charge in [-0.05, 0) is 37.3 Å². The average molecular weight is 423 g/mol. The van der Waals surface area contributed by atoms with E-state index in [0.717, 1.165) is 17.7 Å². The Hall–Kier alpha value is -2.25. The molecule has 2 aromatic rings. The SMILES string of the molecule is CCOc1ccccc1N1CCN(C(=O)c2cc(S(C)(=O)=O)ccc2Cl)CC1. The molecule has 0 aromatic heterocycles. The van der Waals surface area contributed by atoms with Gasteiger partial charge in [-0.1, -0.05) is 23.7 Å². The van der Waals surface area contributed by atoms with Crippen molar-refractivity contribution in [3.63, 3.8) is 0 Å². The van der Waals surface area contributed by atoms with Gasteiger partial charge in [0, 0.05) is 32.4 Å². The number of benzene rings is 2. The van der Waals surface area contributed by atoms with Crippen molar-refractivity contribution < 1.29 is 17.9 Å². The van der Waals surface area contributed by atoms with E-state index in [1.165, 1.54) is 18.2 Å². The minimum absolute atomic E-state index is 0.0875. The molecule has 8 heteroatoms. The molecule has 0 N–H and O–H groups in total. The summed E-state index contributed by atoms with van der Waals surface area (Å²) >= 11 is 6.17. The van der Waals surface area contributed by atoms with Crippen molar-refractivity contribution in [1.82, 2.24) is 4.90 Å². The molecule has 6 nitrogen and oxygen atoms in total. The summed E-state index contributed by atoms with van der Waals surface area (Å²) in [6, 6.07) is 12.1. The molecule has 1 fully saturated rings. The monoisotopic (exact) mass is 422 g/mol. The van der Waals surface area contributed by atoms with Gasteiger partial charge in [-0.2, -0.15) is 0 Å². The lowest BCUT2D eigenvalue weighted by molar-refractivity contribution is 0.0746. The minimum atomic E-state index is -3.41. The van der Waals surface area contributed by atoms with E-state index in [2.05, 4.69) is 4.90 Å². The highest BCUT2D eigenvalue weighted by Gasteiger charge is 2.26. The van der Waals surface area contributed by atoms with E-state index >= 15 is 0 Å². The zero-order valence-electron chi connectivity index (χ0n) is 15.9. The number of ether oxygens (including phenoxy) is 1. The molecular weight excluding hydrogens is 400 g/mol. The van der Waals surface area contributed by atoms with Gasteiger partial charge in [-0.25, -0.2) is 8.42 Å². The van der Waals surface area contributed by atoms with Crippen LogP contribution in [0.15, 0.2) is 47.4 Å². The molecular formula is C20H23ClN2O4S. The molecule has 1 heterocycles. The Bertz CT molecular complexity index is 970. The van der Waals surface area contributed by atoms with E-state index in [1.54, 1.807) is 4.90 Å². The standard InChI is InChI=1S/C20H23ClN2O4S/c1-3-27-19-7-5-4-6-18(19)22-10-12-23(13-11-22)20(24)16-14-15(28(2,25)26)8-9-17(16)21/h4-9,14H,3,10-13H2,1-2H3. The van der Waals surface area contributed by atoms with Gasteiger partial charge < -0.3 is 14.5 Å². The molecule has 1 amide bonds. The molecule has 0 bridgehead atoms. The Balaban J connectivity index is 1.75. The maximum atomic E-state index is 12.9. The summed E-state index contributed by atoms with van der Waals surface area (Å²) in [7, 11) is -3.41. The number of halogens is 1. The van der Waals surface area contributed by atoms with E-state index in [-0.39, 0.29) is 21.4 Å². The van der Waals surface area contributed by atoms with Crippen LogP contribution in [0.3, 0.4) is 0 Å². The molecule has 0 atom stereocenters. The smallest absolute Gasteiger partial charge is 0.255 e. The number of carbonyl (C=O) groups is 1. The summed E-state index contributed by atoms with van der Waals surface area (Å²) in [5, 5.41) is 0.251. The van der Waals surface area contributed by atoms with Gasteiger partial charge in [0.25, 0.3) is 5.91 Å². The molecule has 0 radical (unpaired) electrons. The highest BCUT2D eigenvalue weighted by atomic mass is 35.5. The van der Waals surface area contributed by atoms with Crippen LogP contribution < -0.4 is 9.64 Å². The number of piperazine rings is 1. The zero-order valence-corrected chi connectivity index (χ0v) is 17.5. The Morgan fingerprint density at radius 1 is 1.11 bits per heavy atom. The van der Waals surface area contributed by atoms with Crippen LogP contribution in [0.4, 0.5) is 5.69 Å². The molecule has 0 saturated carbocycles. The number of anilines is 1. The minimum Gasteiger partial charge on any atom is -0.492 e. The van der Waals surface area contributed by atoms with Crippen LogP contribution >= 0.6 is 11.6 Å². The van der Waals surface area contributed by atoms with Crippen LogP contribution in [0.2, 0.25) is 5.02 Å². The third kappa shape index (κ3) is 4.42. The normalized spacial score (nSPS) is 14.8. The fourth-order valence-electron chi connectivity index (χ4n) is 3.22. The van der Waals surface area contributed by atoms with Gasteiger partial charge in [0.1, 0.15) is 5.75 Å². The van der Waals surface area contributed by atoms with Gasteiger partial charge in [-0.15, -0.1) is 0 Å². The maximum absolute atomic E-state index is 12.9. The van der Waals surface area contributed by atoms with Crippen molar-refractivity contribution in [1.29, 1.82) is 0 Å². The maximum Gasteiger partial charge on any atom is 0.255 e. The summed E-state index contributed by atoms with van der Waals surface area (Å²) in [6.45, 7) is 4.86. The molecule has 150 valence electrons. The van der Waals surface area contributed by atoms with E-state index in [0.29, 0.717) is 32.8 Å². The van der Waals surface area contributed by atoms with Crippen LogP contribution in [0, 0.1) is 0 Å². The quantitative estimate of drug-likeness (QED) is 0.740. The first kappa shape index (κ1) is 20.5. The topological polar surface area (TPSA) is 66.9 Å². The van der Waals surface area contributed by atoms with Gasteiger partial charge in [-0.3, -0.25) is 4.79 Å². The van der Waals surface area contributed by atoms with Gasteiger partial charge >= 0.3 is 0 Å². The van der Waals surface area contributed by atoms with Crippen molar-refractivity contribution in [2.24, 2.45) is 0 Å². The lowest BCUT2D eigenvalue weighted by atomic mass is 10.1. The van der Waals surface area contributed by atoms with E-state index in [1.807, 2.05) is 31.2 Å². The van der Waals surface area contributed by atoms with Crippen LogP contribution in [-0.2, 0) is 9.84 Å². The van der Waals surface area contributed by atoms with E-state index in [4.69, 9.17) is 16.3 Å². The molecule has 0 aliphatic carbocycles. The Kier molecular flexibility index (Phi) is 6.15. The second-order valence-electron chi connectivity index (χ2n) is 6.59. The van der Waals surface area contributed by atoms with E-state index < -0.39 is 9.84 Å². The molecule has 2 aromatic carbocycles. The van der Waals surface area contributed by atoms with Gasteiger partial charge in [0.2, 0.25) is 0 Å². The number of sulfone groups is 1. The highest BCUT2D eigenvalue weighted by Crippen LogP contribution is 2.29. The number of carbonyl (C=O) groups excluding carboxylic acids is 1. The third-order valence-corrected chi connectivity index (χ3v) is 6.11. The number of nitrogens with zero attached hydrogens (tertiary/aromatic N) is 2. The first-order valence-electron chi connectivity index (χ1n) is 9.07. The largest absolute Gasteiger partial charge is 0.492 e. The predicted octanol–water partition coefficient (Wildman–Crippen LogP) is 3.10. The number of rotatable bonds is 5. The van der Waals surface area contributed by atoms with Crippen molar-refractivity contribution in [2.45, 2.75) is 11.8 Å². The van der Waals surface area contributed by atoms with Crippen LogP contribution in [0.25, 0.3) is 0 Å². The lowest BCUT2D eigenvalue weighted by Crippen LogP contribution is -2.49. The van der Waals surface area contributed by atoms with E-state index in [9.17, 15) is 13.2 Å². The summed E-state index contributed by atoms with van der Waals surface area (Å²) < 4.78 is 29.3. The first-order valence-corrected chi connectivity index (χ1v) is 11.3. The second-order valence-corrected chi connectivity index (χ2v) is 9.02. The van der Waals surface area contributed by atoms with Crippen LogP contribution in [-0.4, -0.2) is 58.3 Å². The van der Waals surface area contributed by atoms with Crippen LogP contribution in [0.1, 0.15) is 17.3 Å². The zero-order chi connectivity index (χ0) is 20.3. The first-order chi connectivity index (χ1) is 13.3. The van der Waals surface area contributed by atoms with Crippen molar-refractivity contribution >= 4 is 33.0 Å². The number of amides is 1. The van der Waals surface area contributed by atoms with Crippen molar-refractivity contribution in [3.05, 3.63) is 53.1 Å². The van der Waals surface area contributed by atoms with Crippen molar-refractivity contribution in [3.8, 4) is 5.75 Å². The van der Waals surface area contributed by atoms with Gasteiger partial charge in [0.15, 0.2) is 9.84 Å². The second kappa shape index (κ2) is 8.41. The average Bonchev–Trinajstić information content (AvgIpc) is 2.68. The van der Waals surface area contributed by atoms with Crippen molar-refractivity contribution in [2.75, 3.05) is 43.9 Å². The summed E-state index contributed by atoms with van der Waals surface area (Å²) in [4.78, 5) is 16.9. The molecule has 1 saturated heterocycles. The molecule has 1 aliphatic heterocycles. The fraction of sp³-hybridized carbons (Fsp3) is 0.350. The summed E-state index contributed by atoms with van der Waals surface area (Å²) in [5.74, 6) is 0.571. The Morgan fingerprint density at radius 2 is 1.79 bits per heavy atom. The number of para-hydroxylation sites is 2. The summed E-state index contributed by atoms with van der Waals surface area (Å²) in [6.07, 6.45) is 1.11. The Morgan fingerprint density at radius 3 is 2.43 bits per heavy atom. The highest BCUT2D eigenvalue weighted by molar-refractivity contribution is 7.90. The van der Waals surface area contributed by atoms with Gasteiger partial charge in [0.05, 0.1) is 27.8 Å². The predicted molar refractivity (Wildman–Crippen MR) is 110 cm³/mol. The lowest BCUT2D eigenvalue weighted by Gasteiger charge is -2.36. The molecule has 28 heavy (non-hydrogen) atoms. The molecule has 0 unspecified atom stereocenters. The molecule has 1 aliphatic rings. The molecule has 3 rings (SSSR count).